The van der Waals surface area contributed by atoms with Gasteiger partial charge in [0.25, 0.3) is 0 Å². The SMILES string of the molecule is Cc1ccccc1C/C(N)=N\OCC(O)COC(C)C. The van der Waals surface area contributed by atoms with Crippen molar-refractivity contribution in [2.45, 2.75) is 39.4 Å². The fourth-order valence-corrected chi connectivity index (χ4v) is 1.59. The van der Waals surface area contributed by atoms with Gasteiger partial charge in [0, 0.05) is 6.42 Å². The Labute approximate surface area is 120 Å². The second-order valence-corrected chi connectivity index (χ2v) is 5.02. The van der Waals surface area contributed by atoms with E-state index in [1.54, 1.807) is 0 Å². The van der Waals surface area contributed by atoms with Gasteiger partial charge in [-0.3, -0.25) is 0 Å². The minimum absolute atomic E-state index is 0.0706. The quantitative estimate of drug-likeness (QED) is 0.431. The highest BCUT2D eigenvalue weighted by atomic mass is 16.6. The van der Waals surface area contributed by atoms with E-state index in [-0.39, 0.29) is 19.3 Å². The van der Waals surface area contributed by atoms with E-state index in [1.165, 1.54) is 0 Å². The summed E-state index contributed by atoms with van der Waals surface area (Å²) in [7, 11) is 0. The first-order chi connectivity index (χ1) is 9.49. The van der Waals surface area contributed by atoms with Crippen molar-refractivity contribution in [2.24, 2.45) is 10.9 Å². The molecule has 0 spiro atoms. The highest BCUT2D eigenvalue weighted by Gasteiger charge is 2.06. The van der Waals surface area contributed by atoms with Crippen molar-refractivity contribution >= 4 is 5.84 Å². The molecule has 0 aliphatic heterocycles. The lowest BCUT2D eigenvalue weighted by Crippen LogP contribution is -2.24. The maximum atomic E-state index is 9.58. The first kappa shape index (κ1) is 16.5. The molecule has 0 aliphatic carbocycles. The Kier molecular flexibility index (Phi) is 7.04. The number of rotatable bonds is 8. The lowest BCUT2D eigenvalue weighted by Gasteiger charge is -2.12. The third-order valence-corrected chi connectivity index (χ3v) is 2.70. The van der Waals surface area contributed by atoms with Crippen molar-refractivity contribution in [3.8, 4) is 0 Å². The number of hydrogen-bond donors (Lipinski definition) is 2. The summed E-state index contributed by atoms with van der Waals surface area (Å²) in [5, 5.41) is 13.4. The Bertz CT molecular complexity index is 433. The first-order valence-corrected chi connectivity index (χ1v) is 6.77. The van der Waals surface area contributed by atoms with Crippen LogP contribution in [0.3, 0.4) is 0 Å². The van der Waals surface area contributed by atoms with Crippen LogP contribution in [-0.2, 0) is 16.0 Å². The van der Waals surface area contributed by atoms with Gasteiger partial charge in [-0.1, -0.05) is 29.4 Å². The maximum absolute atomic E-state index is 9.58. The average molecular weight is 280 g/mol. The number of aliphatic hydroxyl groups is 1. The Morgan fingerprint density at radius 1 is 1.30 bits per heavy atom. The number of nitrogens with zero attached hydrogens (tertiary/aromatic N) is 1. The molecule has 0 heterocycles. The normalized spacial score (nSPS) is 13.6. The molecule has 1 rings (SSSR count). The zero-order chi connectivity index (χ0) is 15.0. The van der Waals surface area contributed by atoms with Crippen molar-refractivity contribution in [3.05, 3.63) is 35.4 Å². The topological polar surface area (TPSA) is 77.1 Å². The van der Waals surface area contributed by atoms with Gasteiger partial charge in [0.1, 0.15) is 18.5 Å². The zero-order valence-electron chi connectivity index (χ0n) is 12.4. The average Bonchev–Trinajstić information content (AvgIpc) is 2.39. The molecular weight excluding hydrogens is 256 g/mol. The number of amidine groups is 1. The molecule has 1 atom stereocenters. The molecule has 0 saturated heterocycles. The standard InChI is InChI=1S/C15H24N2O3/c1-11(2)19-9-14(18)10-20-17-15(16)8-13-7-5-4-6-12(13)3/h4-7,11,14,18H,8-10H2,1-3H3,(H2,16,17). The van der Waals surface area contributed by atoms with Crippen molar-refractivity contribution < 1.29 is 14.7 Å². The van der Waals surface area contributed by atoms with Crippen LogP contribution < -0.4 is 5.73 Å². The van der Waals surface area contributed by atoms with Crippen LogP contribution in [-0.4, -0.2) is 36.4 Å². The van der Waals surface area contributed by atoms with E-state index in [2.05, 4.69) is 5.16 Å². The fourth-order valence-electron chi connectivity index (χ4n) is 1.59. The van der Waals surface area contributed by atoms with E-state index in [9.17, 15) is 5.11 Å². The summed E-state index contributed by atoms with van der Waals surface area (Å²) in [6.45, 7) is 6.14. The van der Waals surface area contributed by atoms with Crippen LogP contribution in [0.15, 0.2) is 29.4 Å². The summed E-state index contributed by atoms with van der Waals surface area (Å²) in [4.78, 5) is 5.03. The van der Waals surface area contributed by atoms with Gasteiger partial charge in [0.2, 0.25) is 0 Å². The predicted molar refractivity (Wildman–Crippen MR) is 79.6 cm³/mol. The smallest absolute Gasteiger partial charge is 0.145 e. The summed E-state index contributed by atoms with van der Waals surface area (Å²) in [6, 6.07) is 7.97. The van der Waals surface area contributed by atoms with Gasteiger partial charge in [0.15, 0.2) is 0 Å². The third kappa shape index (κ3) is 6.54. The second-order valence-electron chi connectivity index (χ2n) is 5.02. The minimum atomic E-state index is -0.701. The Morgan fingerprint density at radius 2 is 2.00 bits per heavy atom. The van der Waals surface area contributed by atoms with E-state index >= 15 is 0 Å². The zero-order valence-corrected chi connectivity index (χ0v) is 12.4. The van der Waals surface area contributed by atoms with E-state index in [4.69, 9.17) is 15.3 Å². The first-order valence-electron chi connectivity index (χ1n) is 6.77. The molecule has 0 radical (unpaired) electrons. The summed E-state index contributed by atoms with van der Waals surface area (Å²) in [6.07, 6.45) is -0.0858. The van der Waals surface area contributed by atoms with Crippen LogP contribution in [0.5, 0.6) is 0 Å². The molecule has 5 heteroatoms. The highest BCUT2D eigenvalue weighted by Crippen LogP contribution is 2.07. The monoisotopic (exact) mass is 280 g/mol. The number of aryl methyl sites for hydroxylation is 1. The largest absolute Gasteiger partial charge is 0.392 e. The maximum Gasteiger partial charge on any atom is 0.145 e. The van der Waals surface area contributed by atoms with Gasteiger partial charge in [-0.15, -0.1) is 0 Å². The summed E-state index contributed by atoms with van der Waals surface area (Å²) in [5.74, 6) is 0.385. The molecule has 0 bridgehead atoms. The molecule has 0 aliphatic rings. The molecule has 1 aromatic carbocycles. The molecule has 20 heavy (non-hydrogen) atoms. The molecule has 1 unspecified atom stereocenters. The van der Waals surface area contributed by atoms with Crippen molar-refractivity contribution in [3.63, 3.8) is 0 Å². The molecule has 5 nitrogen and oxygen atoms in total. The van der Waals surface area contributed by atoms with Crippen LogP contribution in [0, 0.1) is 6.92 Å². The van der Waals surface area contributed by atoms with E-state index in [0.29, 0.717) is 12.3 Å². The third-order valence-electron chi connectivity index (χ3n) is 2.70. The molecular formula is C15H24N2O3. The van der Waals surface area contributed by atoms with Crippen LogP contribution in [0.1, 0.15) is 25.0 Å². The van der Waals surface area contributed by atoms with Gasteiger partial charge in [0.05, 0.1) is 12.7 Å². The number of hydrogen-bond acceptors (Lipinski definition) is 4. The van der Waals surface area contributed by atoms with Gasteiger partial charge >= 0.3 is 0 Å². The van der Waals surface area contributed by atoms with Gasteiger partial charge in [-0.25, -0.2) is 0 Å². The molecule has 112 valence electrons. The van der Waals surface area contributed by atoms with Crippen molar-refractivity contribution in [2.75, 3.05) is 13.2 Å². The highest BCUT2D eigenvalue weighted by molar-refractivity contribution is 5.82. The lowest BCUT2D eigenvalue weighted by atomic mass is 10.1. The van der Waals surface area contributed by atoms with Crippen LogP contribution in [0.25, 0.3) is 0 Å². The Morgan fingerprint density at radius 3 is 2.65 bits per heavy atom. The van der Waals surface area contributed by atoms with Crippen LogP contribution in [0.2, 0.25) is 0 Å². The van der Waals surface area contributed by atoms with Gasteiger partial charge in [-0.2, -0.15) is 0 Å². The van der Waals surface area contributed by atoms with Crippen molar-refractivity contribution in [1.82, 2.24) is 0 Å². The van der Waals surface area contributed by atoms with E-state index in [1.807, 2.05) is 45.0 Å². The number of nitrogens with two attached hydrogens (primary N) is 1. The lowest BCUT2D eigenvalue weighted by molar-refractivity contribution is -0.0347. The van der Waals surface area contributed by atoms with Crippen molar-refractivity contribution in [1.29, 1.82) is 0 Å². The van der Waals surface area contributed by atoms with Crippen LogP contribution in [0.4, 0.5) is 0 Å². The fraction of sp³-hybridized carbons (Fsp3) is 0.533. The molecule has 0 aromatic heterocycles. The second kappa shape index (κ2) is 8.55. The molecule has 0 amide bonds. The van der Waals surface area contributed by atoms with E-state index < -0.39 is 6.10 Å². The molecule has 0 fully saturated rings. The van der Waals surface area contributed by atoms with E-state index in [0.717, 1.165) is 11.1 Å². The summed E-state index contributed by atoms with van der Waals surface area (Å²) < 4.78 is 5.26. The summed E-state index contributed by atoms with van der Waals surface area (Å²) >= 11 is 0. The van der Waals surface area contributed by atoms with Gasteiger partial charge < -0.3 is 20.4 Å². The Hall–Kier alpha value is -1.59. The minimum Gasteiger partial charge on any atom is -0.392 e. The molecule has 3 N–H and O–H groups in total. The number of oxime groups is 1. The molecule has 1 aromatic rings. The predicted octanol–water partition coefficient (Wildman–Crippen LogP) is 1.61. The van der Waals surface area contributed by atoms with Gasteiger partial charge in [-0.05, 0) is 31.9 Å². The Balaban J connectivity index is 2.33. The molecule has 0 saturated carbocycles. The number of benzene rings is 1. The number of aliphatic hydroxyl groups excluding tert-OH is 1. The summed E-state index contributed by atoms with van der Waals surface area (Å²) in [5.41, 5.74) is 8.07. The van der Waals surface area contributed by atoms with Crippen LogP contribution >= 0.6 is 0 Å². The number of ether oxygens (including phenoxy) is 1.